The van der Waals surface area contributed by atoms with Gasteiger partial charge in [0.2, 0.25) is 5.91 Å². The number of pyridine rings is 1. The molecule has 0 spiro atoms. The van der Waals surface area contributed by atoms with Crippen molar-refractivity contribution in [2.45, 2.75) is 17.9 Å². The first kappa shape index (κ1) is 22.0. The summed E-state index contributed by atoms with van der Waals surface area (Å²) < 4.78 is 28.4. The maximum atomic E-state index is 12.3. The predicted molar refractivity (Wildman–Crippen MR) is 122 cm³/mol. The van der Waals surface area contributed by atoms with Gasteiger partial charge >= 0.3 is 0 Å². The van der Waals surface area contributed by atoms with Crippen LogP contribution in [0.25, 0.3) is 11.3 Å². The molecule has 5 N–H and O–H groups in total. The number of hydrogen-bond donors (Lipinski definition) is 4. The molecule has 12 heteroatoms. The van der Waals surface area contributed by atoms with Crippen molar-refractivity contribution in [1.82, 2.24) is 30.0 Å². The second kappa shape index (κ2) is 9.12. The first-order valence-electron chi connectivity index (χ1n) is 9.91. The van der Waals surface area contributed by atoms with E-state index in [1.165, 1.54) is 29.3 Å². The van der Waals surface area contributed by atoms with E-state index in [1.54, 1.807) is 19.3 Å². The molecule has 0 fully saturated rings. The third-order valence-corrected chi connectivity index (χ3v) is 6.08. The maximum Gasteiger partial charge on any atom is 0.266 e. The van der Waals surface area contributed by atoms with Gasteiger partial charge in [0, 0.05) is 26.0 Å². The van der Waals surface area contributed by atoms with Crippen molar-refractivity contribution in [2.24, 2.45) is 7.05 Å². The number of amides is 1. The van der Waals surface area contributed by atoms with E-state index in [9.17, 15) is 13.2 Å². The average Bonchev–Trinajstić information content (AvgIpc) is 3.43. The monoisotopic (exact) mass is 466 g/mol. The molecule has 0 aliphatic rings. The van der Waals surface area contributed by atoms with Gasteiger partial charge in [-0.05, 0) is 22.8 Å². The first-order valence-corrected chi connectivity index (χ1v) is 11.4. The Balaban J connectivity index is 1.29. The zero-order valence-corrected chi connectivity index (χ0v) is 18.5. The number of carbonyl (C=O) groups is 1. The van der Waals surface area contributed by atoms with Crippen molar-refractivity contribution >= 4 is 27.7 Å². The standard InChI is InChI=1S/C21H22N8O3S/c1-29-13-17(11-26-29)33(31,32)28-19-7-4-15(10-23-19)8-20(30)24-9-14-2-5-16(6-3-14)18-12-25-21(22)27-18/h2-7,10-13H,8-9H2,1H3,(H,23,28)(H,24,30)(H3,22,25,27). The fourth-order valence-corrected chi connectivity index (χ4v) is 4.05. The number of H-pyrrole nitrogens is 1. The number of nitrogens with zero attached hydrogens (tertiary/aromatic N) is 4. The van der Waals surface area contributed by atoms with E-state index in [-0.39, 0.29) is 23.0 Å². The van der Waals surface area contributed by atoms with Gasteiger partial charge in [0.15, 0.2) is 5.95 Å². The number of aromatic nitrogens is 5. The highest BCUT2D eigenvalue weighted by Crippen LogP contribution is 2.18. The van der Waals surface area contributed by atoms with Crippen LogP contribution in [0.2, 0.25) is 0 Å². The number of imidazole rings is 1. The SMILES string of the molecule is Cn1cc(S(=O)(=O)Nc2ccc(CC(=O)NCc3ccc(-c4cnc(N)[nH]4)cc3)cn2)cn1. The van der Waals surface area contributed by atoms with E-state index < -0.39 is 10.0 Å². The van der Waals surface area contributed by atoms with E-state index in [0.717, 1.165) is 16.8 Å². The minimum absolute atomic E-state index is 0.0389. The van der Waals surface area contributed by atoms with E-state index in [0.29, 0.717) is 18.1 Å². The van der Waals surface area contributed by atoms with Crippen LogP contribution in [0.5, 0.6) is 0 Å². The molecule has 0 saturated heterocycles. The van der Waals surface area contributed by atoms with Gasteiger partial charge in [0.1, 0.15) is 10.7 Å². The minimum Gasteiger partial charge on any atom is -0.369 e. The van der Waals surface area contributed by atoms with Gasteiger partial charge in [-0.2, -0.15) is 5.10 Å². The Morgan fingerprint density at radius 1 is 1.06 bits per heavy atom. The van der Waals surface area contributed by atoms with Crippen molar-refractivity contribution in [2.75, 3.05) is 10.5 Å². The molecule has 4 aromatic rings. The smallest absolute Gasteiger partial charge is 0.266 e. The van der Waals surface area contributed by atoms with Gasteiger partial charge in [-0.25, -0.2) is 18.4 Å². The topological polar surface area (TPSA) is 161 Å². The average molecular weight is 467 g/mol. The lowest BCUT2D eigenvalue weighted by Crippen LogP contribution is -2.24. The van der Waals surface area contributed by atoms with Crippen LogP contribution in [0.15, 0.2) is 66.1 Å². The molecule has 0 bridgehead atoms. The van der Waals surface area contributed by atoms with Crippen LogP contribution in [-0.4, -0.2) is 39.1 Å². The minimum atomic E-state index is -3.77. The van der Waals surface area contributed by atoms with Gasteiger partial charge in [0.25, 0.3) is 10.0 Å². The molecule has 33 heavy (non-hydrogen) atoms. The maximum absolute atomic E-state index is 12.3. The van der Waals surface area contributed by atoms with Crippen LogP contribution in [0.4, 0.5) is 11.8 Å². The predicted octanol–water partition coefficient (Wildman–Crippen LogP) is 1.45. The lowest BCUT2D eigenvalue weighted by atomic mass is 10.1. The molecule has 0 unspecified atom stereocenters. The van der Waals surface area contributed by atoms with Crippen LogP contribution in [-0.2, 0) is 34.8 Å². The number of benzene rings is 1. The second-order valence-corrected chi connectivity index (χ2v) is 9.02. The number of hydrogen-bond acceptors (Lipinski definition) is 7. The van der Waals surface area contributed by atoms with Gasteiger partial charge in [-0.15, -0.1) is 0 Å². The fourth-order valence-electron chi connectivity index (χ4n) is 3.06. The lowest BCUT2D eigenvalue weighted by Gasteiger charge is -2.08. The third kappa shape index (κ3) is 5.54. The Labute approximate surface area is 190 Å². The molecule has 3 aromatic heterocycles. The Bertz CT molecular complexity index is 1360. The quantitative estimate of drug-likeness (QED) is 0.305. The zero-order chi connectivity index (χ0) is 23.4. The third-order valence-electron chi connectivity index (χ3n) is 4.77. The molecule has 11 nitrogen and oxygen atoms in total. The van der Waals surface area contributed by atoms with Crippen molar-refractivity contribution in [1.29, 1.82) is 0 Å². The summed E-state index contributed by atoms with van der Waals surface area (Å²) in [7, 11) is -2.15. The van der Waals surface area contributed by atoms with Crippen LogP contribution in [0.1, 0.15) is 11.1 Å². The van der Waals surface area contributed by atoms with Crippen LogP contribution >= 0.6 is 0 Å². The van der Waals surface area contributed by atoms with Gasteiger partial charge in [0.05, 0.1) is 24.5 Å². The Morgan fingerprint density at radius 2 is 1.82 bits per heavy atom. The molecule has 0 radical (unpaired) electrons. The summed E-state index contributed by atoms with van der Waals surface area (Å²) in [6.45, 7) is 0.376. The number of nitrogens with one attached hydrogen (secondary N) is 3. The normalized spacial score (nSPS) is 11.3. The van der Waals surface area contributed by atoms with E-state index in [1.807, 2.05) is 24.3 Å². The number of nitrogen functional groups attached to an aromatic ring is 1. The largest absolute Gasteiger partial charge is 0.369 e. The number of carbonyl (C=O) groups excluding carboxylic acids is 1. The van der Waals surface area contributed by atoms with Crippen molar-refractivity contribution in [3.63, 3.8) is 0 Å². The summed E-state index contributed by atoms with van der Waals surface area (Å²) in [4.78, 5) is 23.4. The van der Waals surface area contributed by atoms with E-state index in [2.05, 4.69) is 30.1 Å². The lowest BCUT2D eigenvalue weighted by molar-refractivity contribution is -0.120. The van der Waals surface area contributed by atoms with E-state index >= 15 is 0 Å². The van der Waals surface area contributed by atoms with E-state index in [4.69, 9.17) is 5.73 Å². The molecule has 0 saturated carbocycles. The molecule has 1 aromatic carbocycles. The number of sulfonamides is 1. The van der Waals surface area contributed by atoms with Gasteiger partial charge in [-0.3, -0.25) is 14.2 Å². The molecule has 170 valence electrons. The summed E-state index contributed by atoms with van der Waals surface area (Å²) >= 11 is 0. The van der Waals surface area contributed by atoms with Crippen molar-refractivity contribution in [3.05, 3.63) is 72.3 Å². The summed E-state index contributed by atoms with van der Waals surface area (Å²) in [6, 6.07) is 10.8. The highest BCUT2D eigenvalue weighted by atomic mass is 32.2. The Kier molecular flexibility index (Phi) is 6.09. The summed E-state index contributed by atoms with van der Waals surface area (Å²) in [6.07, 6.45) is 5.89. The number of aryl methyl sites for hydroxylation is 1. The molecule has 0 aliphatic heterocycles. The molecular weight excluding hydrogens is 444 g/mol. The molecule has 0 aliphatic carbocycles. The van der Waals surface area contributed by atoms with Crippen LogP contribution in [0.3, 0.4) is 0 Å². The second-order valence-electron chi connectivity index (χ2n) is 7.34. The Morgan fingerprint density at radius 3 is 2.42 bits per heavy atom. The number of nitrogens with two attached hydrogens (primary N) is 1. The molecule has 4 rings (SSSR count). The Hall–Kier alpha value is -4.19. The molecular formula is C21H22N8O3S. The highest BCUT2D eigenvalue weighted by Gasteiger charge is 2.17. The van der Waals surface area contributed by atoms with Gasteiger partial charge < -0.3 is 16.0 Å². The zero-order valence-electron chi connectivity index (χ0n) is 17.7. The molecule has 3 heterocycles. The highest BCUT2D eigenvalue weighted by molar-refractivity contribution is 7.92. The number of anilines is 2. The van der Waals surface area contributed by atoms with Crippen LogP contribution in [0, 0.1) is 0 Å². The molecule has 1 amide bonds. The number of rotatable bonds is 8. The first-order chi connectivity index (χ1) is 15.8. The van der Waals surface area contributed by atoms with Gasteiger partial charge in [-0.1, -0.05) is 30.3 Å². The number of aromatic amines is 1. The van der Waals surface area contributed by atoms with Crippen LogP contribution < -0.4 is 15.8 Å². The fraction of sp³-hybridized carbons (Fsp3) is 0.143. The van der Waals surface area contributed by atoms with Crippen molar-refractivity contribution < 1.29 is 13.2 Å². The molecule has 0 atom stereocenters. The summed E-state index contributed by atoms with van der Waals surface area (Å²) in [5, 5.41) is 6.71. The summed E-state index contributed by atoms with van der Waals surface area (Å²) in [5.74, 6) is 0.336. The van der Waals surface area contributed by atoms with Crippen molar-refractivity contribution in [3.8, 4) is 11.3 Å². The summed E-state index contributed by atoms with van der Waals surface area (Å²) in [5.41, 5.74) is 8.96.